The van der Waals surface area contributed by atoms with Gasteiger partial charge >= 0.3 is 5.97 Å². The van der Waals surface area contributed by atoms with Crippen LogP contribution in [0.15, 0.2) is 0 Å². The van der Waals surface area contributed by atoms with Crippen LogP contribution >= 0.6 is 0 Å². The largest absolute Gasteiger partial charge is 0.465 e. The molecule has 0 unspecified atom stereocenters. The summed E-state index contributed by atoms with van der Waals surface area (Å²) < 4.78 is 5.42. The van der Waals surface area contributed by atoms with Gasteiger partial charge in [0.1, 0.15) is 0 Å². The van der Waals surface area contributed by atoms with E-state index in [1.54, 1.807) is 0 Å². The lowest BCUT2D eigenvalue weighted by Gasteiger charge is -2.31. The van der Waals surface area contributed by atoms with Crippen molar-refractivity contribution < 1.29 is 9.53 Å². The summed E-state index contributed by atoms with van der Waals surface area (Å²) in [6.45, 7) is 9.10. The number of carbonyl (C=O) groups is 1. The fourth-order valence-corrected chi connectivity index (χ4v) is 2.50. The lowest BCUT2D eigenvalue weighted by molar-refractivity contribution is -0.157. The molecule has 2 heteroatoms. The van der Waals surface area contributed by atoms with Crippen molar-refractivity contribution in [3.63, 3.8) is 0 Å². The minimum absolute atomic E-state index is 0.0523. The van der Waals surface area contributed by atoms with Crippen LogP contribution in [0.3, 0.4) is 0 Å². The molecule has 0 N–H and O–H groups in total. The number of unbranched alkanes of at least 4 members (excludes halogenated alkanes) is 1. The number of esters is 1. The average molecular weight is 242 g/mol. The van der Waals surface area contributed by atoms with Crippen molar-refractivity contribution >= 4 is 5.97 Å². The van der Waals surface area contributed by atoms with Crippen molar-refractivity contribution in [3.8, 4) is 0 Å². The molecule has 0 aromatic carbocycles. The van der Waals surface area contributed by atoms with Crippen LogP contribution in [0.5, 0.6) is 0 Å². The lowest BCUT2D eigenvalue weighted by Crippen LogP contribution is -2.33. The van der Waals surface area contributed by atoms with Crippen LogP contribution in [0.2, 0.25) is 0 Å². The molecule has 17 heavy (non-hydrogen) atoms. The molecule has 0 heterocycles. The van der Waals surface area contributed by atoms with Crippen molar-refractivity contribution in [2.24, 2.45) is 5.41 Å². The molecular formula is C15H30O2. The third-order valence-corrected chi connectivity index (χ3v) is 3.34. The number of hydrogen-bond donors (Lipinski definition) is 0. The lowest BCUT2D eigenvalue weighted by atomic mass is 9.75. The maximum atomic E-state index is 12.3. The maximum Gasteiger partial charge on any atom is 0.312 e. The quantitative estimate of drug-likeness (QED) is 0.518. The first-order valence-electron chi connectivity index (χ1n) is 7.34. The van der Waals surface area contributed by atoms with Gasteiger partial charge in [0.15, 0.2) is 0 Å². The molecule has 0 spiro atoms. The average Bonchev–Trinajstić information content (AvgIpc) is 2.33. The Labute approximate surface area is 107 Å². The Hall–Kier alpha value is -0.530. The molecule has 0 atom stereocenters. The van der Waals surface area contributed by atoms with E-state index in [-0.39, 0.29) is 11.4 Å². The summed E-state index contributed by atoms with van der Waals surface area (Å²) in [5.41, 5.74) is -0.200. The third kappa shape index (κ3) is 5.56. The van der Waals surface area contributed by atoms with Gasteiger partial charge in [0.25, 0.3) is 0 Å². The van der Waals surface area contributed by atoms with Crippen molar-refractivity contribution in [1.29, 1.82) is 0 Å². The van der Waals surface area contributed by atoms with Gasteiger partial charge in [-0.25, -0.2) is 0 Å². The fraction of sp³-hybridized carbons (Fsp3) is 0.933. The molecule has 0 bridgehead atoms. The Bertz CT molecular complexity index is 193. The second-order valence-electron chi connectivity index (χ2n) is 5.02. The van der Waals surface area contributed by atoms with Gasteiger partial charge in [-0.15, -0.1) is 0 Å². The summed E-state index contributed by atoms with van der Waals surface area (Å²) in [4.78, 5) is 12.3. The first kappa shape index (κ1) is 16.5. The third-order valence-electron chi connectivity index (χ3n) is 3.34. The van der Waals surface area contributed by atoms with Crippen molar-refractivity contribution in [3.05, 3.63) is 0 Å². The number of hydrogen-bond acceptors (Lipinski definition) is 2. The molecule has 2 nitrogen and oxygen atoms in total. The summed E-state index contributed by atoms with van der Waals surface area (Å²) in [6.07, 6.45) is 8.25. The van der Waals surface area contributed by atoms with E-state index in [0.717, 1.165) is 51.4 Å². The van der Waals surface area contributed by atoms with Gasteiger partial charge in [0.2, 0.25) is 0 Å². The Morgan fingerprint density at radius 1 is 0.882 bits per heavy atom. The standard InChI is InChI=1S/C15H30O2/c1-5-9-12-15(10-6-2,11-7-3)14(16)17-13-8-4/h5-13H2,1-4H3. The van der Waals surface area contributed by atoms with E-state index in [2.05, 4.69) is 20.8 Å². The molecule has 0 aliphatic carbocycles. The molecule has 0 aliphatic rings. The normalized spacial score (nSPS) is 11.5. The van der Waals surface area contributed by atoms with E-state index in [0.29, 0.717) is 6.61 Å². The number of rotatable bonds is 10. The van der Waals surface area contributed by atoms with Crippen molar-refractivity contribution in [2.75, 3.05) is 6.61 Å². The molecule has 0 fully saturated rings. The van der Waals surface area contributed by atoms with E-state index in [4.69, 9.17) is 4.74 Å². The molecule has 0 amide bonds. The smallest absolute Gasteiger partial charge is 0.312 e. The summed E-state index contributed by atoms with van der Waals surface area (Å²) in [5.74, 6) is 0.0523. The van der Waals surface area contributed by atoms with Crippen LogP contribution in [0, 0.1) is 5.41 Å². The first-order valence-corrected chi connectivity index (χ1v) is 7.34. The van der Waals surface area contributed by atoms with Crippen LogP contribution in [0.1, 0.15) is 79.1 Å². The van der Waals surface area contributed by atoms with E-state index >= 15 is 0 Å². The molecule has 0 saturated carbocycles. The van der Waals surface area contributed by atoms with E-state index in [1.165, 1.54) is 0 Å². The molecule has 102 valence electrons. The van der Waals surface area contributed by atoms with Crippen molar-refractivity contribution in [2.45, 2.75) is 79.1 Å². The Kier molecular flexibility index (Phi) is 9.20. The minimum atomic E-state index is -0.200. The van der Waals surface area contributed by atoms with Crippen LogP contribution < -0.4 is 0 Å². The van der Waals surface area contributed by atoms with Gasteiger partial charge in [0, 0.05) is 0 Å². The van der Waals surface area contributed by atoms with E-state index < -0.39 is 0 Å². The highest BCUT2D eigenvalue weighted by Crippen LogP contribution is 2.37. The molecule has 0 aliphatic heterocycles. The van der Waals surface area contributed by atoms with Crippen LogP contribution in [-0.2, 0) is 9.53 Å². The fourth-order valence-electron chi connectivity index (χ4n) is 2.50. The van der Waals surface area contributed by atoms with Crippen LogP contribution in [0.25, 0.3) is 0 Å². The van der Waals surface area contributed by atoms with Crippen molar-refractivity contribution in [1.82, 2.24) is 0 Å². The highest BCUT2D eigenvalue weighted by atomic mass is 16.5. The minimum Gasteiger partial charge on any atom is -0.465 e. The summed E-state index contributed by atoms with van der Waals surface area (Å²) in [6, 6.07) is 0. The highest BCUT2D eigenvalue weighted by molar-refractivity contribution is 5.76. The first-order chi connectivity index (χ1) is 8.16. The Morgan fingerprint density at radius 2 is 1.47 bits per heavy atom. The second kappa shape index (κ2) is 9.49. The van der Waals surface area contributed by atoms with Gasteiger partial charge < -0.3 is 4.74 Å². The summed E-state index contributed by atoms with van der Waals surface area (Å²) in [7, 11) is 0. The summed E-state index contributed by atoms with van der Waals surface area (Å²) in [5, 5.41) is 0. The van der Waals surface area contributed by atoms with Gasteiger partial charge in [-0.2, -0.15) is 0 Å². The monoisotopic (exact) mass is 242 g/mol. The summed E-state index contributed by atoms with van der Waals surface area (Å²) >= 11 is 0. The zero-order valence-electron chi connectivity index (χ0n) is 12.2. The molecule has 0 aromatic rings. The van der Waals surface area contributed by atoms with E-state index in [1.807, 2.05) is 6.92 Å². The molecule has 0 radical (unpaired) electrons. The topological polar surface area (TPSA) is 26.3 Å². The van der Waals surface area contributed by atoms with Gasteiger partial charge in [0.05, 0.1) is 12.0 Å². The maximum absolute atomic E-state index is 12.3. The Morgan fingerprint density at radius 3 is 1.88 bits per heavy atom. The zero-order valence-corrected chi connectivity index (χ0v) is 12.2. The van der Waals surface area contributed by atoms with Gasteiger partial charge in [-0.05, 0) is 25.7 Å². The molecule has 0 aromatic heterocycles. The van der Waals surface area contributed by atoms with Gasteiger partial charge in [-0.3, -0.25) is 4.79 Å². The van der Waals surface area contributed by atoms with Crippen LogP contribution in [0.4, 0.5) is 0 Å². The molecule has 0 rings (SSSR count). The second-order valence-corrected chi connectivity index (χ2v) is 5.02. The zero-order chi connectivity index (χ0) is 13.1. The predicted octanol–water partition coefficient (Wildman–Crippen LogP) is 4.72. The number of ether oxygens (including phenoxy) is 1. The van der Waals surface area contributed by atoms with E-state index in [9.17, 15) is 4.79 Å². The molecular weight excluding hydrogens is 212 g/mol. The SMILES string of the molecule is CCCCC(CCC)(CCC)C(=O)OCCC. The highest BCUT2D eigenvalue weighted by Gasteiger charge is 2.37. The molecule has 0 saturated heterocycles. The van der Waals surface area contributed by atoms with Crippen LogP contribution in [-0.4, -0.2) is 12.6 Å². The predicted molar refractivity (Wildman–Crippen MR) is 73.0 cm³/mol. The van der Waals surface area contributed by atoms with Gasteiger partial charge in [-0.1, -0.05) is 53.4 Å². The number of carbonyl (C=O) groups excluding carboxylic acids is 1. The Balaban J connectivity index is 4.66.